The van der Waals surface area contributed by atoms with Gasteiger partial charge in [0.05, 0.1) is 0 Å². The Hall–Kier alpha value is -2.65. The molecule has 9 nitrogen and oxygen atoms in total. The Labute approximate surface area is 179 Å². The van der Waals surface area contributed by atoms with E-state index in [1.165, 1.54) is 4.90 Å². The smallest absolute Gasteiger partial charge is 0.339 e. The molecular weight excluding hydrogens is 412 g/mol. The van der Waals surface area contributed by atoms with E-state index in [0.717, 1.165) is 25.1 Å². The van der Waals surface area contributed by atoms with Gasteiger partial charge in [-0.15, -0.1) is 5.06 Å². The van der Waals surface area contributed by atoms with Gasteiger partial charge in [0, 0.05) is 69.2 Å². The average Bonchev–Trinajstić information content (AvgIpc) is 3.00. The third-order valence-electron chi connectivity index (χ3n) is 5.65. The fraction of sp³-hybridized carbons (Fsp3) is 0.500. The van der Waals surface area contributed by atoms with E-state index in [9.17, 15) is 19.2 Å². The zero-order chi connectivity index (χ0) is 21.3. The number of hydroxylamine groups is 2. The summed E-state index contributed by atoms with van der Waals surface area (Å²) in [5.41, 5.74) is 1.52. The Bertz CT molecular complexity index is 864. The number of benzene rings is 1. The largest absolute Gasteiger partial charge is 0.434 e. The molecule has 3 fully saturated rings. The summed E-state index contributed by atoms with van der Waals surface area (Å²) in [6, 6.07) is 5.37. The molecule has 3 aliphatic heterocycles. The number of carbonyl (C=O) groups excluding carboxylic acids is 4. The lowest BCUT2D eigenvalue weighted by molar-refractivity contribution is -0.174. The first-order valence-corrected chi connectivity index (χ1v) is 10.4. The van der Waals surface area contributed by atoms with Gasteiger partial charge in [-0.05, 0) is 24.1 Å². The molecule has 30 heavy (non-hydrogen) atoms. The Balaban J connectivity index is 1.34. The lowest BCUT2D eigenvalue weighted by Gasteiger charge is -2.35. The number of imide groups is 1. The first-order valence-electron chi connectivity index (χ1n) is 10.0. The van der Waals surface area contributed by atoms with Gasteiger partial charge in [-0.1, -0.05) is 17.7 Å². The second-order valence-corrected chi connectivity index (χ2v) is 8.09. The van der Waals surface area contributed by atoms with Crippen molar-refractivity contribution in [1.82, 2.24) is 19.8 Å². The van der Waals surface area contributed by atoms with E-state index in [4.69, 9.17) is 16.4 Å². The molecule has 0 aromatic heterocycles. The van der Waals surface area contributed by atoms with Gasteiger partial charge in [-0.25, -0.2) is 4.79 Å². The van der Waals surface area contributed by atoms with E-state index in [2.05, 4.69) is 4.90 Å². The number of halogens is 1. The van der Waals surface area contributed by atoms with Crippen LogP contribution in [-0.4, -0.2) is 82.8 Å². The highest BCUT2D eigenvalue weighted by Gasteiger charge is 2.35. The molecule has 0 atom stereocenters. The van der Waals surface area contributed by atoms with E-state index in [1.54, 1.807) is 12.1 Å². The molecule has 0 spiro atoms. The summed E-state index contributed by atoms with van der Waals surface area (Å²) in [4.78, 5) is 58.6. The third kappa shape index (κ3) is 4.27. The van der Waals surface area contributed by atoms with Crippen LogP contribution in [-0.2, 0) is 21.0 Å². The summed E-state index contributed by atoms with van der Waals surface area (Å²) in [5.74, 6) is -0.982. The fourth-order valence-electron chi connectivity index (χ4n) is 3.70. The van der Waals surface area contributed by atoms with Crippen LogP contribution in [0, 0.1) is 0 Å². The molecule has 1 aromatic carbocycles. The van der Waals surface area contributed by atoms with Crippen molar-refractivity contribution in [3.8, 4) is 0 Å². The summed E-state index contributed by atoms with van der Waals surface area (Å²) in [5, 5.41) is 1.09. The van der Waals surface area contributed by atoms with Crippen LogP contribution in [0.4, 0.5) is 4.79 Å². The molecule has 3 saturated heterocycles. The van der Waals surface area contributed by atoms with E-state index in [0.29, 0.717) is 48.4 Å². The minimum Gasteiger partial charge on any atom is -0.339 e. The van der Waals surface area contributed by atoms with E-state index in [1.807, 2.05) is 11.0 Å². The molecule has 3 heterocycles. The van der Waals surface area contributed by atoms with E-state index in [-0.39, 0.29) is 18.7 Å². The molecule has 0 unspecified atom stereocenters. The maximum atomic E-state index is 12.7. The molecule has 1 aromatic rings. The first kappa shape index (κ1) is 20.6. The molecule has 0 aliphatic carbocycles. The van der Waals surface area contributed by atoms with Crippen molar-refractivity contribution in [1.29, 1.82) is 0 Å². The van der Waals surface area contributed by atoms with Crippen molar-refractivity contribution in [2.45, 2.75) is 25.8 Å². The van der Waals surface area contributed by atoms with Gasteiger partial charge >= 0.3 is 6.09 Å². The average molecular weight is 435 g/mol. The first-order chi connectivity index (χ1) is 14.4. The number of rotatable bonds is 4. The predicted octanol–water partition coefficient (Wildman–Crippen LogP) is 1.50. The summed E-state index contributed by atoms with van der Waals surface area (Å²) >= 11 is 6.12. The van der Waals surface area contributed by atoms with Crippen molar-refractivity contribution >= 4 is 35.4 Å². The molecule has 10 heteroatoms. The van der Waals surface area contributed by atoms with Crippen LogP contribution >= 0.6 is 11.6 Å². The molecular formula is C20H23ClN4O5. The molecule has 4 rings (SSSR count). The maximum Gasteiger partial charge on any atom is 0.434 e. The Kier molecular flexibility index (Phi) is 5.92. The minimum atomic E-state index is -0.696. The van der Waals surface area contributed by atoms with Crippen molar-refractivity contribution in [2.75, 3.05) is 39.3 Å². The van der Waals surface area contributed by atoms with Crippen molar-refractivity contribution in [2.24, 2.45) is 0 Å². The zero-order valence-electron chi connectivity index (χ0n) is 16.5. The van der Waals surface area contributed by atoms with Gasteiger partial charge in [0.2, 0.25) is 0 Å². The van der Waals surface area contributed by atoms with Crippen molar-refractivity contribution < 1.29 is 24.0 Å². The predicted molar refractivity (Wildman–Crippen MR) is 106 cm³/mol. The second kappa shape index (κ2) is 8.61. The number of piperazine rings is 1. The van der Waals surface area contributed by atoms with Gasteiger partial charge in [0.15, 0.2) is 0 Å². The van der Waals surface area contributed by atoms with Crippen molar-refractivity contribution in [3.05, 3.63) is 34.3 Å². The SMILES string of the molecule is O=C(ON1C(=O)CCC1=O)N1CCN(Cc2ccc(Cl)cc2C(=O)N2CCC2)CC1. The van der Waals surface area contributed by atoms with Crippen LogP contribution in [0.15, 0.2) is 18.2 Å². The number of hydrogen-bond acceptors (Lipinski definition) is 6. The van der Waals surface area contributed by atoms with Gasteiger partial charge in [0.1, 0.15) is 0 Å². The molecule has 0 saturated carbocycles. The van der Waals surface area contributed by atoms with Crippen LogP contribution in [0.3, 0.4) is 0 Å². The lowest BCUT2D eigenvalue weighted by Crippen LogP contribution is -2.50. The Morgan fingerprint density at radius 3 is 2.20 bits per heavy atom. The molecule has 160 valence electrons. The van der Waals surface area contributed by atoms with Gasteiger partial charge < -0.3 is 14.6 Å². The lowest BCUT2D eigenvalue weighted by atomic mass is 10.0. The molecule has 0 N–H and O–H groups in total. The second-order valence-electron chi connectivity index (χ2n) is 7.65. The van der Waals surface area contributed by atoms with Crippen LogP contribution < -0.4 is 0 Å². The fourth-order valence-corrected chi connectivity index (χ4v) is 3.87. The van der Waals surface area contributed by atoms with Crippen LogP contribution in [0.25, 0.3) is 0 Å². The number of amides is 4. The standard InChI is InChI=1S/C20H23ClN4O5/c21-15-3-2-14(16(12-15)19(28)23-6-1-7-23)13-22-8-10-24(11-9-22)20(29)30-25-17(26)4-5-18(25)27/h2-3,12H,1,4-11,13H2. The third-order valence-corrected chi connectivity index (χ3v) is 5.88. The molecule has 4 amide bonds. The normalized spacial score (nSPS) is 19.8. The van der Waals surface area contributed by atoms with Gasteiger partial charge in [-0.2, -0.15) is 0 Å². The highest BCUT2D eigenvalue weighted by Crippen LogP contribution is 2.22. The van der Waals surface area contributed by atoms with Crippen LogP contribution in [0.5, 0.6) is 0 Å². The summed E-state index contributed by atoms with van der Waals surface area (Å²) in [7, 11) is 0. The van der Waals surface area contributed by atoms with Crippen molar-refractivity contribution in [3.63, 3.8) is 0 Å². The highest BCUT2D eigenvalue weighted by molar-refractivity contribution is 6.31. The minimum absolute atomic E-state index is 0.000844. The summed E-state index contributed by atoms with van der Waals surface area (Å²) < 4.78 is 0. The number of likely N-dealkylation sites (tertiary alicyclic amines) is 1. The van der Waals surface area contributed by atoms with Crippen LogP contribution in [0.1, 0.15) is 35.2 Å². The maximum absolute atomic E-state index is 12.7. The Morgan fingerprint density at radius 2 is 1.60 bits per heavy atom. The number of carbonyl (C=O) groups is 4. The number of hydrogen-bond donors (Lipinski definition) is 0. The topological polar surface area (TPSA) is 90.5 Å². The summed E-state index contributed by atoms with van der Waals surface area (Å²) in [6.07, 6.45) is 0.464. The monoisotopic (exact) mass is 434 g/mol. The number of nitrogens with zero attached hydrogens (tertiary/aromatic N) is 4. The Morgan fingerprint density at radius 1 is 0.933 bits per heavy atom. The van der Waals surface area contributed by atoms with Gasteiger partial charge in [0.25, 0.3) is 17.7 Å². The summed E-state index contributed by atoms with van der Waals surface area (Å²) in [6.45, 7) is 4.07. The van der Waals surface area contributed by atoms with E-state index < -0.39 is 17.9 Å². The molecule has 3 aliphatic rings. The van der Waals surface area contributed by atoms with E-state index >= 15 is 0 Å². The highest BCUT2D eigenvalue weighted by atomic mass is 35.5. The quantitative estimate of drug-likeness (QED) is 0.667. The molecule has 0 bridgehead atoms. The zero-order valence-corrected chi connectivity index (χ0v) is 17.3. The van der Waals surface area contributed by atoms with Crippen LogP contribution in [0.2, 0.25) is 5.02 Å². The van der Waals surface area contributed by atoms with Gasteiger partial charge in [-0.3, -0.25) is 19.3 Å². The molecule has 0 radical (unpaired) electrons.